The van der Waals surface area contributed by atoms with Crippen LogP contribution in [-0.2, 0) is 0 Å². The number of hydrogen-bond donors (Lipinski definition) is 2. The van der Waals surface area contributed by atoms with Crippen LogP contribution in [0.25, 0.3) is 21.2 Å². The molecule has 2 heterocycles. The predicted octanol–water partition coefficient (Wildman–Crippen LogP) is 6.55. The first-order valence-corrected chi connectivity index (χ1v) is 10.6. The minimum Gasteiger partial charge on any atom is -0.351 e. The van der Waals surface area contributed by atoms with E-state index < -0.39 is 0 Å². The number of thiophene rings is 1. The van der Waals surface area contributed by atoms with E-state index in [0.29, 0.717) is 15.8 Å². The number of aryl methyl sites for hydroxylation is 1. The molecule has 0 radical (unpaired) electrons. The monoisotopic (exact) mass is 397 g/mol. The minimum atomic E-state index is -0.236. The molecule has 2 nitrogen and oxygen atoms in total. The molecule has 25 heavy (non-hydrogen) atoms. The Labute approximate surface area is 162 Å². The molecule has 0 spiro atoms. The fourth-order valence-electron chi connectivity index (χ4n) is 2.46. The number of thiol groups is 2. The number of halogens is 1. The predicted molar refractivity (Wildman–Crippen MR) is 116 cm³/mol. The Kier molecular flexibility index (Phi) is 8.76. The van der Waals surface area contributed by atoms with Crippen LogP contribution in [0.2, 0.25) is 0 Å². The maximum Gasteiger partial charge on any atom is 0.192 e. The van der Waals surface area contributed by atoms with Crippen LogP contribution in [-0.4, -0.2) is 4.57 Å². The highest BCUT2D eigenvalue weighted by molar-refractivity contribution is 8.59. The number of nitrogens with zero attached hydrogens (tertiary/aromatic N) is 1. The van der Waals surface area contributed by atoms with E-state index in [-0.39, 0.29) is 17.3 Å². The van der Waals surface area contributed by atoms with Gasteiger partial charge in [0.2, 0.25) is 0 Å². The fraction of sp³-hybridized carbons (Fsp3) is 0.316. The molecule has 0 aliphatic rings. The first-order valence-electron chi connectivity index (χ1n) is 8.07. The van der Waals surface area contributed by atoms with Crippen molar-refractivity contribution in [3.63, 3.8) is 0 Å². The molecule has 0 amide bonds. The average Bonchev–Trinajstić information content (AvgIpc) is 3.06. The van der Waals surface area contributed by atoms with Gasteiger partial charge in [-0.25, -0.2) is 4.39 Å². The van der Waals surface area contributed by atoms with Crippen molar-refractivity contribution in [1.29, 1.82) is 0 Å². The third-order valence-corrected chi connectivity index (χ3v) is 4.67. The maximum absolute atomic E-state index is 13.8. The van der Waals surface area contributed by atoms with Crippen molar-refractivity contribution >= 4 is 44.7 Å². The Bertz CT molecular complexity index is 884. The molecule has 3 rings (SSSR count). The van der Waals surface area contributed by atoms with Gasteiger partial charge in [-0.3, -0.25) is 4.79 Å². The highest BCUT2D eigenvalue weighted by Crippen LogP contribution is 2.34. The van der Waals surface area contributed by atoms with E-state index in [9.17, 15) is 9.18 Å². The molecule has 0 N–H and O–H groups in total. The molecule has 0 aliphatic heterocycles. The summed E-state index contributed by atoms with van der Waals surface area (Å²) in [5.41, 5.74) is 2.17. The van der Waals surface area contributed by atoms with E-state index in [1.54, 1.807) is 6.07 Å². The van der Waals surface area contributed by atoms with Gasteiger partial charge in [-0.15, -0.1) is 34.7 Å². The first-order chi connectivity index (χ1) is 12.0. The zero-order chi connectivity index (χ0) is 19.1. The third kappa shape index (κ3) is 4.68. The van der Waals surface area contributed by atoms with Crippen LogP contribution in [0.5, 0.6) is 0 Å². The summed E-state index contributed by atoms with van der Waals surface area (Å²) in [5, 5.41) is 2.67. The van der Waals surface area contributed by atoms with Crippen LogP contribution < -0.4 is 5.43 Å². The van der Waals surface area contributed by atoms with Crippen molar-refractivity contribution < 1.29 is 4.39 Å². The number of fused-ring (bicyclic) bond motifs is 1. The Balaban J connectivity index is 0.000000730. The van der Waals surface area contributed by atoms with Gasteiger partial charge in [-0.2, -0.15) is 0 Å². The fourth-order valence-corrected chi connectivity index (χ4v) is 3.44. The smallest absolute Gasteiger partial charge is 0.192 e. The molecule has 3 aromatic rings. The van der Waals surface area contributed by atoms with E-state index >= 15 is 0 Å². The lowest BCUT2D eigenvalue weighted by Crippen LogP contribution is -2.14. The summed E-state index contributed by atoms with van der Waals surface area (Å²) in [4.78, 5) is 12.5. The quantitative estimate of drug-likeness (QED) is 0.372. The molecule has 136 valence electrons. The van der Waals surface area contributed by atoms with Crippen LogP contribution in [0.1, 0.15) is 39.3 Å². The Morgan fingerprint density at radius 2 is 1.76 bits per heavy atom. The second-order valence-electron chi connectivity index (χ2n) is 5.49. The van der Waals surface area contributed by atoms with Gasteiger partial charge in [0.05, 0.1) is 4.70 Å². The largest absolute Gasteiger partial charge is 0.351 e. The summed E-state index contributed by atoms with van der Waals surface area (Å²) in [5.74, 6) is -0.236. The Hall–Kier alpha value is -1.24. The van der Waals surface area contributed by atoms with Crippen molar-refractivity contribution in [2.75, 3.05) is 0 Å². The normalized spacial score (nSPS) is 10.1. The molecule has 0 bridgehead atoms. The van der Waals surface area contributed by atoms with Gasteiger partial charge in [-0.1, -0.05) is 26.0 Å². The van der Waals surface area contributed by atoms with E-state index in [4.69, 9.17) is 0 Å². The molecule has 1 aromatic carbocycles. The van der Waals surface area contributed by atoms with Crippen LogP contribution in [0.3, 0.4) is 0 Å². The molecule has 0 unspecified atom stereocenters. The summed E-state index contributed by atoms with van der Waals surface area (Å²) in [7, 11) is 0. The van der Waals surface area contributed by atoms with Crippen LogP contribution in [0, 0.1) is 12.7 Å². The summed E-state index contributed by atoms with van der Waals surface area (Å²) in [6.07, 6.45) is 3.73. The number of rotatable bonds is 2. The number of hydrogen-bond acceptors (Lipinski definition) is 4. The summed E-state index contributed by atoms with van der Waals surface area (Å²) < 4.78 is 16.5. The molecule has 0 fully saturated rings. The van der Waals surface area contributed by atoms with E-state index in [2.05, 4.69) is 37.2 Å². The number of benzene rings is 1. The van der Waals surface area contributed by atoms with Gasteiger partial charge in [0.25, 0.3) is 0 Å². The first kappa shape index (κ1) is 21.8. The van der Waals surface area contributed by atoms with Crippen molar-refractivity contribution in [2.45, 2.75) is 40.7 Å². The molecule has 0 saturated heterocycles. The standard InChI is InChI=1S/C17H16FNOS.C2H6.H2S2/c1-10(2)19-7-11(3)16(20)13(8-19)14-9-21-17-12(14)5-4-6-15(17)18;2*1-2/h4-10H,1-3H3;1-2H3;1-2H. The maximum atomic E-state index is 13.8. The average molecular weight is 398 g/mol. The molecule has 0 aliphatic carbocycles. The third-order valence-electron chi connectivity index (χ3n) is 3.66. The zero-order valence-electron chi connectivity index (χ0n) is 15.1. The molecule has 0 atom stereocenters. The lowest BCUT2D eigenvalue weighted by atomic mass is 10.0. The number of pyridine rings is 1. The highest BCUT2D eigenvalue weighted by Gasteiger charge is 2.14. The summed E-state index contributed by atoms with van der Waals surface area (Å²) in [6.45, 7) is 9.96. The van der Waals surface area contributed by atoms with E-state index in [0.717, 1.165) is 10.9 Å². The topological polar surface area (TPSA) is 22.0 Å². The lowest BCUT2D eigenvalue weighted by Gasteiger charge is -2.13. The Morgan fingerprint density at radius 3 is 2.36 bits per heavy atom. The second-order valence-corrected chi connectivity index (χ2v) is 6.37. The van der Waals surface area contributed by atoms with Gasteiger partial charge in [0, 0.05) is 45.9 Å². The van der Waals surface area contributed by atoms with Gasteiger partial charge < -0.3 is 4.57 Å². The SMILES string of the molecule is CC.Cc1cn(C(C)C)cc(-c2csc3c(F)cccc23)c1=O.SS. The molecule has 2 aromatic heterocycles. The van der Waals surface area contributed by atoms with Gasteiger partial charge >= 0.3 is 0 Å². The van der Waals surface area contributed by atoms with Gasteiger partial charge in [-0.05, 0) is 26.8 Å². The van der Waals surface area contributed by atoms with Crippen molar-refractivity contribution in [3.05, 3.63) is 57.6 Å². The van der Waals surface area contributed by atoms with Crippen LogP contribution in [0.4, 0.5) is 4.39 Å². The van der Waals surface area contributed by atoms with Gasteiger partial charge in [0.15, 0.2) is 5.43 Å². The highest BCUT2D eigenvalue weighted by atomic mass is 33.1. The Morgan fingerprint density at radius 1 is 1.12 bits per heavy atom. The lowest BCUT2D eigenvalue weighted by molar-refractivity contribution is 0.594. The molecule has 0 saturated carbocycles. The second kappa shape index (κ2) is 10.0. The zero-order valence-corrected chi connectivity index (χ0v) is 17.7. The van der Waals surface area contributed by atoms with Gasteiger partial charge in [0.1, 0.15) is 5.82 Å². The molecule has 6 heteroatoms. The van der Waals surface area contributed by atoms with Crippen LogP contribution in [0.15, 0.2) is 40.8 Å². The van der Waals surface area contributed by atoms with Crippen molar-refractivity contribution in [2.24, 2.45) is 0 Å². The molecular formula is C19H24FNOS3. The van der Waals surface area contributed by atoms with Crippen LogP contribution >= 0.6 is 34.7 Å². The molecular weight excluding hydrogens is 373 g/mol. The van der Waals surface area contributed by atoms with Crippen molar-refractivity contribution in [3.8, 4) is 11.1 Å². The summed E-state index contributed by atoms with van der Waals surface area (Å²) in [6, 6.07) is 5.27. The summed E-state index contributed by atoms with van der Waals surface area (Å²) >= 11 is 7.79. The number of aromatic nitrogens is 1. The van der Waals surface area contributed by atoms with E-state index in [1.807, 2.05) is 49.2 Å². The van der Waals surface area contributed by atoms with E-state index in [1.165, 1.54) is 17.4 Å². The van der Waals surface area contributed by atoms with Crippen molar-refractivity contribution in [1.82, 2.24) is 4.57 Å². The minimum absolute atomic E-state index is 0.0101.